The SMILES string of the molecule is CCC(N)c1cc(-c2ccccc2)ccc1Cl. The minimum absolute atomic E-state index is 0.00571. The Morgan fingerprint density at radius 3 is 2.41 bits per heavy atom. The summed E-state index contributed by atoms with van der Waals surface area (Å²) in [4.78, 5) is 0. The van der Waals surface area contributed by atoms with Gasteiger partial charge in [-0.15, -0.1) is 0 Å². The van der Waals surface area contributed by atoms with Crippen LogP contribution in [0.5, 0.6) is 0 Å². The molecule has 0 aliphatic rings. The number of hydrogen-bond acceptors (Lipinski definition) is 1. The molecule has 2 aromatic carbocycles. The molecule has 0 radical (unpaired) electrons. The summed E-state index contributed by atoms with van der Waals surface area (Å²) >= 11 is 6.18. The first-order valence-corrected chi connectivity index (χ1v) is 6.20. The Balaban J connectivity index is 2.44. The monoisotopic (exact) mass is 245 g/mol. The predicted octanol–water partition coefficient (Wildman–Crippen LogP) is 4.42. The van der Waals surface area contributed by atoms with Crippen molar-refractivity contribution in [3.63, 3.8) is 0 Å². The van der Waals surface area contributed by atoms with Gasteiger partial charge in [-0.3, -0.25) is 0 Å². The van der Waals surface area contributed by atoms with Crippen LogP contribution >= 0.6 is 11.6 Å². The standard InChI is InChI=1S/C15H16ClN/c1-2-15(17)13-10-12(8-9-14(13)16)11-6-4-3-5-7-11/h3-10,15H,2,17H2,1H3. The van der Waals surface area contributed by atoms with Crippen molar-refractivity contribution in [1.82, 2.24) is 0 Å². The molecule has 17 heavy (non-hydrogen) atoms. The van der Waals surface area contributed by atoms with E-state index in [1.165, 1.54) is 5.56 Å². The summed E-state index contributed by atoms with van der Waals surface area (Å²) in [6.45, 7) is 2.07. The van der Waals surface area contributed by atoms with Gasteiger partial charge in [-0.1, -0.05) is 54.9 Å². The van der Waals surface area contributed by atoms with Gasteiger partial charge in [0.2, 0.25) is 0 Å². The molecule has 0 aliphatic carbocycles. The van der Waals surface area contributed by atoms with Gasteiger partial charge in [-0.25, -0.2) is 0 Å². The van der Waals surface area contributed by atoms with Gasteiger partial charge < -0.3 is 5.73 Å². The van der Waals surface area contributed by atoms with E-state index in [4.69, 9.17) is 17.3 Å². The maximum atomic E-state index is 6.18. The molecule has 0 heterocycles. The highest BCUT2D eigenvalue weighted by Gasteiger charge is 2.09. The average molecular weight is 246 g/mol. The van der Waals surface area contributed by atoms with E-state index in [0.717, 1.165) is 22.6 Å². The van der Waals surface area contributed by atoms with Crippen molar-refractivity contribution in [2.75, 3.05) is 0 Å². The van der Waals surface area contributed by atoms with E-state index < -0.39 is 0 Å². The lowest BCUT2D eigenvalue weighted by molar-refractivity contribution is 0.699. The molecule has 1 unspecified atom stereocenters. The Bertz CT molecular complexity index is 494. The smallest absolute Gasteiger partial charge is 0.0454 e. The molecular formula is C15H16ClN. The molecule has 0 aromatic heterocycles. The fourth-order valence-corrected chi connectivity index (χ4v) is 2.12. The first kappa shape index (κ1) is 12.2. The first-order chi connectivity index (χ1) is 8.22. The minimum atomic E-state index is 0.00571. The van der Waals surface area contributed by atoms with Crippen molar-refractivity contribution in [2.45, 2.75) is 19.4 Å². The van der Waals surface area contributed by atoms with E-state index in [1.54, 1.807) is 0 Å². The maximum absolute atomic E-state index is 6.18. The second-order valence-electron chi connectivity index (χ2n) is 4.12. The number of halogens is 1. The van der Waals surface area contributed by atoms with Gasteiger partial charge in [0.25, 0.3) is 0 Å². The van der Waals surface area contributed by atoms with Crippen LogP contribution in [-0.2, 0) is 0 Å². The van der Waals surface area contributed by atoms with Crippen molar-refractivity contribution in [2.24, 2.45) is 5.73 Å². The molecule has 1 atom stereocenters. The van der Waals surface area contributed by atoms with Crippen LogP contribution in [-0.4, -0.2) is 0 Å². The van der Waals surface area contributed by atoms with Crippen LogP contribution in [0.4, 0.5) is 0 Å². The Morgan fingerprint density at radius 1 is 1.06 bits per heavy atom. The summed E-state index contributed by atoms with van der Waals surface area (Å²) in [7, 11) is 0. The zero-order valence-corrected chi connectivity index (χ0v) is 10.6. The highest BCUT2D eigenvalue weighted by atomic mass is 35.5. The Morgan fingerprint density at radius 2 is 1.76 bits per heavy atom. The summed E-state index contributed by atoms with van der Waals surface area (Å²) in [6, 6.07) is 16.3. The molecule has 2 aromatic rings. The van der Waals surface area contributed by atoms with Crippen LogP contribution in [0.15, 0.2) is 48.5 Å². The lowest BCUT2D eigenvalue weighted by Gasteiger charge is -2.13. The summed E-state index contributed by atoms with van der Waals surface area (Å²) in [6.07, 6.45) is 0.887. The van der Waals surface area contributed by atoms with Crippen LogP contribution in [0, 0.1) is 0 Å². The topological polar surface area (TPSA) is 26.0 Å². The summed E-state index contributed by atoms with van der Waals surface area (Å²) < 4.78 is 0. The first-order valence-electron chi connectivity index (χ1n) is 5.83. The van der Waals surface area contributed by atoms with Crippen LogP contribution in [0.25, 0.3) is 11.1 Å². The summed E-state index contributed by atoms with van der Waals surface area (Å²) in [5, 5.41) is 0.749. The van der Waals surface area contributed by atoms with Crippen LogP contribution in [0.2, 0.25) is 5.02 Å². The molecule has 0 bridgehead atoms. The number of hydrogen-bond donors (Lipinski definition) is 1. The van der Waals surface area contributed by atoms with Gasteiger partial charge in [0.05, 0.1) is 0 Å². The molecule has 0 saturated heterocycles. The molecule has 0 spiro atoms. The van der Waals surface area contributed by atoms with Gasteiger partial charge in [0, 0.05) is 11.1 Å². The third-order valence-electron chi connectivity index (χ3n) is 2.94. The summed E-state index contributed by atoms with van der Waals surface area (Å²) in [5.74, 6) is 0. The Labute approximate surface area is 107 Å². The van der Waals surface area contributed by atoms with Crippen molar-refractivity contribution in [1.29, 1.82) is 0 Å². The van der Waals surface area contributed by atoms with Gasteiger partial charge in [-0.2, -0.15) is 0 Å². The van der Waals surface area contributed by atoms with E-state index in [0.29, 0.717) is 0 Å². The van der Waals surface area contributed by atoms with Crippen molar-refractivity contribution < 1.29 is 0 Å². The molecule has 0 aliphatic heterocycles. The third kappa shape index (κ3) is 2.68. The summed E-state index contributed by atoms with van der Waals surface area (Å²) in [5.41, 5.74) is 9.43. The zero-order valence-electron chi connectivity index (χ0n) is 9.86. The van der Waals surface area contributed by atoms with E-state index >= 15 is 0 Å². The molecular weight excluding hydrogens is 230 g/mol. The molecule has 0 fully saturated rings. The fraction of sp³-hybridized carbons (Fsp3) is 0.200. The van der Waals surface area contributed by atoms with Crippen LogP contribution < -0.4 is 5.73 Å². The second kappa shape index (κ2) is 5.35. The highest BCUT2D eigenvalue weighted by Crippen LogP contribution is 2.29. The lowest BCUT2D eigenvalue weighted by atomic mass is 9.99. The molecule has 2 rings (SSSR count). The predicted molar refractivity (Wildman–Crippen MR) is 74.1 cm³/mol. The molecule has 2 heteroatoms. The number of nitrogens with two attached hydrogens (primary N) is 1. The van der Waals surface area contributed by atoms with E-state index in [-0.39, 0.29) is 6.04 Å². The van der Waals surface area contributed by atoms with Crippen LogP contribution in [0.3, 0.4) is 0 Å². The van der Waals surface area contributed by atoms with E-state index in [9.17, 15) is 0 Å². The Kier molecular flexibility index (Phi) is 3.82. The van der Waals surface area contributed by atoms with Gasteiger partial charge in [0.1, 0.15) is 0 Å². The molecule has 0 saturated carbocycles. The van der Waals surface area contributed by atoms with Crippen molar-refractivity contribution in [3.8, 4) is 11.1 Å². The zero-order chi connectivity index (χ0) is 12.3. The van der Waals surface area contributed by atoms with E-state index in [2.05, 4.69) is 25.1 Å². The number of benzene rings is 2. The quantitative estimate of drug-likeness (QED) is 0.851. The van der Waals surface area contributed by atoms with E-state index in [1.807, 2.05) is 30.3 Å². The highest BCUT2D eigenvalue weighted by molar-refractivity contribution is 6.31. The molecule has 2 N–H and O–H groups in total. The van der Waals surface area contributed by atoms with Gasteiger partial charge >= 0.3 is 0 Å². The number of rotatable bonds is 3. The average Bonchev–Trinajstić information content (AvgIpc) is 2.39. The second-order valence-corrected chi connectivity index (χ2v) is 4.52. The largest absolute Gasteiger partial charge is 0.324 e. The van der Waals surface area contributed by atoms with Gasteiger partial charge in [0.15, 0.2) is 0 Å². The molecule has 1 nitrogen and oxygen atoms in total. The van der Waals surface area contributed by atoms with Gasteiger partial charge in [-0.05, 0) is 35.2 Å². The fourth-order valence-electron chi connectivity index (χ4n) is 1.86. The van der Waals surface area contributed by atoms with Crippen LogP contribution in [0.1, 0.15) is 24.9 Å². The van der Waals surface area contributed by atoms with Crippen molar-refractivity contribution >= 4 is 11.6 Å². The molecule has 0 amide bonds. The lowest BCUT2D eigenvalue weighted by Crippen LogP contribution is -2.09. The Hall–Kier alpha value is -1.31. The van der Waals surface area contributed by atoms with Crippen molar-refractivity contribution in [3.05, 3.63) is 59.1 Å². The maximum Gasteiger partial charge on any atom is 0.0454 e. The molecule has 88 valence electrons. The third-order valence-corrected chi connectivity index (χ3v) is 3.29. The minimum Gasteiger partial charge on any atom is -0.324 e. The normalized spacial score (nSPS) is 12.4.